The summed E-state index contributed by atoms with van der Waals surface area (Å²) in [6, 6.07) is 5.53. The van der Waals surface area contributed by atoms with E-state index in [2.05, 4.69) is 9.97 Å². The number of fused-ring (bicyclic) bond motifs is 2. The summed E-state index contributed by atoms with van der Waals surface area (Å²) in [7, 11) is 1.61. The molecule has 33 heavy (non-hydrogen) atoms. The maximum absolute atomic E-state index is 12.9. The Morgan fingerprint density at radius 3 is 2.79 bits per heavy atom. The second-order valence-corrected chi connectivity index (χ2v) is 8.34. The third-order valence-corrected chi connectivity index (χ3v) is 6.20. The van der Waals surface area contributed by atoms with E-state index in [4.69, 9.17) is 9.47 Å². The Morgan fingerprint density at radius 1 is 1.12 bits per heavy atom. The van der Waals surface area contributed by atoms with Gasteiger partial charge in [-0.25, -0.2) is 9.97 Å². The van der Waals surface area contributed by atoms with Gasteiger partial charge in [-0.1, -0.05) is 0 Å². The number of likely N-dealkylation sites (tertiary alicyclic amines) is 1. The fourth-order valence-corrected chi connectivity index (χ4v) is 4.40. The zero-order chi connectivity index (χ0) is 22.8. The van der Waals surface area contributed by atoms with Gasteiger partial charge in [-0.3, -0.25) is 14.0 Å². The Kier molecular flexibility index (Phi) is 5.95. The number of hydrogen-bond acceptors (Lipinski definition) is 7. The zero-order valence-electron chi connectivity index (χ0n) is 18.7. The number of rotatable bonds is 5. The maximum Gasteiger partial charge on any atom is 0.261 e. The van der Waals surface area contributed by atoms with Gasteiger partial charge in [0, 0.05) is 62.5 Å². The zero-order valence-corrected chi connectivity index (χ0v) is 18.7. The van der Waals surface area contributed by atoms with Crippen molar-refractivity contribution in [3.8, 4) is 5.75 Å². The molecule has 172 valence electrons. The van der Waals surface area contributed by atoms with Crippen LogP contribution >= 0.6 is 0 Å². The molecule has 0 saturated carbocycles. The Hall–Kier alpha value is -3.46. The molecule has 1 fully saturated rings. The molecule has 0 unspecified atom stereocenters. The number of carbonyl (C=O) groups is 1. The molecule has 0 aromatic carbocycles. The first-order valence-corrected chi connectivity index (χ1v) is 11.3. The summed E-state index contributed by atoms with van der Waals surface area (Å²) >= 11 is 0. The summed E-state index contributed by atoms with van der Waals surface area (Å²) in [5.41, 5.74) is 2.49. The molecule has 0 N–H and O–H groups in total. The van der Waals surface area contributed by atoms with Crippen LogP contribution in [0.4, 0.5) is 11.5 Å². The van der Waals surface area contributed by atoms with E-state index >= 15 is 0 Å². The number of nitrogens with zero attached hydrogens (tertiary/aromatic N) is 5. The molecule has 0 radical (unpaired) electrons. The van der Waals surface area contributed by atoms with Gasteiger partial charge in [0.2, 0.25) is 0 Å². The smallest absolute Gasteiger partial charge is 0.261 e. The highest BCUT2D eigenvalue weighted by molar-refractivity contribution is 5.95. The second-order valence-electron chi connectivity index (χ2n) is 8.34. The molecule has 9 nitrogen and oxygen atoms in total. The van der Waals surface area contributed by atoms with Crippen molar-refractivity contribution in [2.75, 3.05) is 44.9 Å². The molecule has 0 spiro atoms. The van der Waals surface area contributed by atoms with E-state index in [0.717, 1.165) is 31.6 Å². The van der Waals surface area contributed by atoms with E-state index in [-0.39, 0.29) is 11.5 Å². The molecule has 1 amide bonds. The van der Waals surface area contributed by atoms with Gasteiger partial charge in [-0.2, -0.15) is 0 Å². The highest BCUT2D eigenvalue weighted by Crippen LogP contribution is 2.35. The van der Waals surface area contributed by atoms with Crippen molar-refractivity contribution in [2.45, 2.75) is 25.7 Å². The minimum atomic E-state index is -0.0926. The van der Waals surface area contributed by atoms with Crippen molar-refractivity contribution in [3.63, 3.8) is 0 Å². The minimum Gasteiger partial charge on any atom is -0.488 e. The fourth-order valence-electron chi connectivity index (χ4n) is 4.40. The fraction of sp³-hybridized carbons (Fsp3) is 0.417. The van der Waals surface area contributed by atoms with Crippen LogP contribution in [-0.4, -0.2) is 65.1 Å². The van der Waals surface area contributed by atoms with Gasteiger partial charge in [0.05, 0.1) is 18.7 Å². The van der Waals surface area contributed by atoms with Crippen molar-refractivity contribution < 1.29 is 14.3 Å². The van der Waals surface area contributed by atoms with E-state index in [1.54, 1.807) is 36.2 Å². The molecule has 1 saturated heterocycles. The van der Waals surface area contributed by atoms with Crippen LogP contribution in [0.15, 0.2) is 41.6 Å². The summed E-state index contributed by atoms with van der Waals surface area (Å²) in [6.45, 7) is 3.13. The molecular formula is C24H27N5O4. The van der Waals surface area contributed by atoms with Crippen LogP contribution < -0.4 is 15.2 Å². The van der Waals surface area contributed by atoms with Crippen molar-refractivity contribution in [2.24, 2.45) is 0 Å². The topological polar surface area (TPSA) is 89.3 Å². The normalized spacial score (nSPS) is 15.9. The number of methoxy groups -OCH3 is 1. The highest BCUT2D eigenvalue weighted by Gasteiger charge is 2.25. The Morgan fingerprint density at radius 2 is 1.97 bits per heavy atom. The molecule has 3 aromatic rings. The number of carbonyl (C=O) groups excluding carboxylic acids is 1. The summed E-state index contributed by atoms with van der Waals surface area (Å²) < 4.78 is 12.5. The molecular weight excluding hydrogens is 422 g/mol. The van der Waals surface area contributed by atoms with Crippen molar-refractivity contribution >= 4 is 23.1 Å². The quantitative estimate of drug-likeness (QED) is 0.591. The van der Waals surface area contributed by atoms with E-state index in [1.807, 2.05) is 21.9 Å². The molecule has 9 heteroatoms. The maximum atomic E-state index is 12.9. The van der Waals surface area contributed by atoms with Crippen LogP contribution in [-0.2, 0) is 11.2 Å². The Balaban J connectivity index is 1.44. The number of amides is 1. The number of anilines is 2. The summed E-state index contributed by atoms with van der Waals surface area (Å²) in [6.07, 6.45) is 8.76. The van der Waals surface area contributed by atoms with Gasteiger partial charge in [-0.15, -0.1) is 0 Å². The molecule has 2 aliphatic heterocycles. The molecule has 3 aromatic heterocycles. The molecule has 0 atom stereocenters. The Bertz CT molecular complexity index is 1240. The van der Waals surface area contributed by atoms with Crippen molar-refractivity contribution in [1.29, 1.82) is 0 Å². The lowest BCUT2D eigenvalue weighted by Crippen LogP contribution is -2.36. The SMILES string of the molecule is COCCc1cnc2cc(N3CCOc4cc(C(=O)N5CCCCC5)cnc43)ccn2c1=O. The second kappa shape index (κ2) is 9.19. The van der Waals surface area contributed by atoms with Crippen LogP contribution in [0.2, 0.25) is 0 Å². The van der Waals surface area contributed by atoms with Crippen LogP contribution in [0.3, 0.4) is 0 Å². The first-order chi connectivity index (χ1) is 16.2. The van der Waals surface area contributed by atoms with Crippen molar-refractivity contribution in [1.82, 2.24) is 19.3 Å². The van der Waals surface area contributed by atoms with Gasteiger partial charge in [0.15, 0.2) is 11.6 Å². The third-order valence-electron chi connectivity index (χ3n) is 6.20. The molecule has 0 bridgehead atoms. The Labute approximate surface area is 191 Å². The van der Waals surface area contributed by atoms with Gasteiger partial charge in [-0.05, 0) is 31.4 Å². The highest BCUT2D eigenvalue weighted by atomic mass is 16.5. The lowest BCUT2D eigenvalue weighted by atomic mass is 10.1. The minimum absolute atomic E-state index is 0.00396. The van der Waals surface area contributed by atoms with Crippen LogP contribution in [0.25, 0.3) is 5.65 Å². The van der Waals surface area contributed by atoms with Crippen LogP contribution in [0, 0.1) is 0 Å². The molecule has 5 rings (SSSR count). The first-order valence-electron chi connectivity index (χ1n) is 11.3. The number of hydrogen-bond donors (Lipinski definition) is 0. The van der Waals surface area contributed by atoms with E-state index in [0.29, 0.717) is 54.5 Å². The number of ether oxygens (including phenoxy) is 2. The van der Waals surface area contributed by atoms with Gasteiger partial charge < -0.3 is 19.3 Å². The molecule has 5 heterocycles. The lowest BCUT2D eigenvalue weighted by Gasteiger charge is -2.31. The predicted molar refractivity (Wildman–Crippen MR) is 124 cm³/mol. The third kappa shape index (κ3) is 4.16. The monoisotopic (exact) mass is 449 g/mol. The average Bonchev–Trinajstić information content (AvgIpc) is 2.87. The number of pyridine rings is 2. The number of aromatic nitrogens is 3. The van der Waals surface area contributed by atoms with Gasteiger partial charge in [0.25, 0.3) is 11.5 Å². The molecule has 0 aliphatic carbocycles. The lowest BCUT2D eigenvalue weighted by molar-refractivity contribution is 0.0723. The van der Waals surface area contributed by atoms with Crippen LogP contribution in [0.1, 0.15) is 35.2 Å². The van der Waals surface area contributed by atoms with Gasteiger partial charge in [0.1, 0.15) is 12.3 Å². The van der Waals surface area contributed by atoms with Crippen LogP contribution in [0.5, 0.6) is 5.75 Å². The number of piperidine rings is 1. The van der Waals surface area contributed by atoms with Gasteiger partial charge >= 0.3 is 0 Å². The van der Waals surface area contributed by atoms with Crippen molar-refractivity contribution in [3.05, 3.63) is 58.3 Å². The summed E-state index contributed by atoms with van der Waals surface area (Å²) in [5.74, 6) is 1.24. The average molecular weight is 450 g/mol. The standard InChI is InChI=1S/C24H27N5O4/c1-32-11-6-17-15-25-21-14-19(5-9-29(21)24(17)31)28-10-12-33-20-13-18(16-26-22(20)28)23(30)27-7-3-2-4-8-27/h5,9,13-16H,2-4,6-8,10-12H2,1H3. The van der Waals surface area contributed by atoms with E-state index < -0.39 is 0 Å². The van der Waals surface area contributed by atoms with E-state index in [9.17, 15) is 9.59 Å². The first kappa shape index (κ1) is 21.4. The molecule has 2 aliphatic rings. The summed E-state index contributed by atoms with van der Waals surface area (Å²) in [5, 5.41) is 0. The predicted octanol–water partition coefficient (Wildman–Crippen LogP) is 2.44. The largest absolute Gasteiger partial charge is 0.488 e. The van der Waals surface area contributed by atoms with E-state index in [1.165, 1.54) is 6.42 Å². The summed E-state index contributed by atoms with van der Waals surface area (Å²) in [4.78, 5) is 38.6.